The van der Waals surface area contributed by atoms with Gasteiger partial charge in [-0.2, -0.15) is 0 Å². The maximum absolute atomic E-state index is 14.5. The van der Waals surface area contributed by atoms with Crippen LogP contribution in [0, 0.1) is 19.7 Å². The Labute approximate surface area is 171 Å². The van der Waals surface area contributed by atoms with Gasteiger partial charge in [-0.05, 0) is 39.0 Å². The summed E-state index contributed by atoms with van der Waals surface area (Å²) in [6.07, 6.45) is 4.96. The van der Waals surface area contributed by atoms with Crippen LogP contribution in [0.4, 0.5) is 10.1 Å². The van der Waals surface area contributed by atoms with Gasteiger partial charge in [-0.3, -0.25) is 9.20 Å². The Hall–Kier alpha value is -3.75. The third-order valence-corrected chi connectivity index (χ3v) is 4.27. The van der Waals surface area contributed by atoms with Crippen LogP contribution in [0.3, 0.4) is 0 Å². The lowest BCUT2D eigenvalue weighted by Gasteiger charge is -2.08. The highest BCUT2D eigenvalue weighted by Crippen LogP contribution is 2.27. The summed E-state index contributed by atoms with van der Waals surface area (Å²) in [5, 5.41) is 2.70. The first-order valence-electron chi connectivity index (χ1n) is 9.37. The van der Waals surface area contributed by atoms with E-state index in [0.29, 0.717) is 34.5 Å². The van der Waals surface area contributed by atoms with Crippen LogP contribution in [0.1, 0.15) is 36.0 Å². The SMILES string of the molecule is Cc1nc(C)c(C(=O)Nc2ccc(F)c(-c3cn4cc(OC(C)C)cnc4n3)c2)o1. The lowest BCUT2D eigenvalue weighted by molar-refractivity contribution is 0.0994. The maximum Gasteiger partial charge on any atom is 0.293 e. The molecule has 3 aromatic heterocycles. The van der Waals surface area contributed by atoms with Gasteiger partial charge in [0.1, 0.15) is 5.82 Å². The van der Waals surface area contributed by atoms with Crippen molar-refractivity contribution in [2.24, 2.45) is 0 Å². The molecule has 154 valence electrons. The van der Waals surface area contributed by atoms with Crippen molar-refractivity contribution >= 4 is 17.4 Å². The molecule has 1 N–H and O–H groups in total. The second-order valence-electron chi connectivity index (χ2n) is 7.09. The second-order valence-corrected chi connectivity index (χ2v) is 7.09. The van der Waals surface area contributed by atoms with Gasteiger partial charge in [0.05, 0.1) is 29.9 Å². The first-order chi connectivity index (χ1) is 14.3. The number of carbonyl (C=O) groups excluding carboxylic acids is 1. The Balaban J connectivity index is 1.64. The highest BCUT2D eigenvalue weighted by Gasteiger charge is 2.18. The average Bonchev–Trinajstić information content (AvgIpc) is 3.24. The monoisotopic (exact) mass is 409 g/mol. The first-order valence-corrected chi connectivity index (χ1v) is 9.37. The molecule has 8 nitrogen and oxygen atoms in total. The highest BCUT2D eigenvalue weighted by molar-refractivity contribution is 6.03. The average molecular weight is 409 g/mol. The minimum Gasteiger partial charge on any atom is -0.488 e. The molecule has 1 aromatic carbocycles. The molecule has 0 saturated carbocycles. The molecular formula is C21H20FN5O3. The minimum atomic E-state index is -0.471. The predicted molar refractivity (Wildman–Crippen MR) is 108 cm³/mol. The number of hydrogen-bond acceptors (Lipinski definition) is 6. The molecule has 0 aliphatic carbocycles. The lowest BCUT2D eigenvalue weighted by Crippen LogP contribution is -2.12. The third kappa shape index (κ3) is 3.86. The number of ether oxygens (including phenoxy) is 1. The number of benzene rings is 1. The Morgan fingerprint density at radius 2 is 2.03 bits per heavy atom. The summed E-state index contributed by atoms with van der Waals surface area (Å²) in [6, 6.07) is 4.26. The number of carbonyl (C=O) groups is 1. The van der Waals surface area contributed by atoms with Crippen LogP contribution in [0.5, 0.6) is 5.75 Å². The molecule has 0 fully saturated rings. The first kappa shape index (κ1) is 19.6. The van der Waals surface area contributed by atoms with Gasteiger partial charge in [0.2, 0.25) is 11.5 Å². The smallest absolute Gasteiger partial charge is 0.293 e. The molecule has 3 heterocycles. The molecule has 30 heavy (non-hydrogen) atoms. The molecular weight excluding hydrogens is 389 g/mol. The van der Waals surface area contributed by atoms with Crippen LogP contribution in [0.25, 0.3) is 17.0 Å². The van der Waals surface area contributed by atoms with Crippen LogP contribution in [-0.4, -0.2) is 31.4 Å². The van der Waals surface area contributed by atoms with E-state index in [2.05, 4.69) is 20.3 Å². The minimum absolute atomic E-state index is 0.00163. The van der Waals surface area contributed by atoms with E-state index in [1.54, 1.807) is 36.8 Å². The fourth-order valence-corrected chi connectivity index (χ4v) is 3.06. The van der Waals surface area contributed by atoms with Crippen molar-refractivity contribution in [3.63, 3.8) is 0 Å². The molecule has 9 heteroatoms. The van der Waals surface area contributed by atoms with Crippen LogP contribution >= 0.6 is 0 Å². The zero-order valence-electron chi connectivity index (χ0n) is 16.9. The Bertz CT molecular complexity index is 1240. The van der Waals surface area contributed by atoms with E-state index >= 15 is 0 Å². The normalized spacial score (nSPS) is 11.3. The number of amides is 1. The van der Waals surface area contributed by atoms with Crippen LogP contribution < -0.4 is 10.1 Å². The predicted octanol–water partition coefficient (Wildman–Crippen LogP) is 4.18. The third-order valence-electron chi connectivity index (χ3n) is 4.27. The fraction of sp³-hybridized carbons (Fsp3) is 0.238. The highest BCUT2D eigenvalue weighted by atomic mass is 19.1. The van der Waals surface area contributed by atoms with Crippen molar-refractivity contribution in [1.82, 2.24) is 19.4 Å². The summed E-state index contributed by atoms with van der Waals surface area (Å²) < 4.78 is 27.2. The zero-order chi connectivity index (χ0) is 21.4. The van der Waals surface area contributed by atoms with Gasteiger partial charge in [0, 0.05) is 24.4 Å². The Morgan fingerprint density at radius 3 is 2.73 bits per heavy atom. The number of halogens is 1. The number of nitrogens with zero attached hydrogens (tertiary/aromatic N) is 4. The zero-order valence-corrected chi connectivity index (χ0v) is 16.9. The quantitative estimate of drug-likeness (QED) is 0.531. The summed E-state index contributed by atoms with van der Waals surface area (Å²) >= 11 is 0. The van der Waals surface area contributed by atoms with E-state index in [0.717, 1.165) is 0 Å². The molecule has 4 rings (SSSR count). The Morgan fingerprint density at radius 1 is 1.23 bits per heavy atom. The maximum atomic E-state index is 14.5. The van der Waals surface area contributed by atoms with E-state index in [1.165, 1.54) is 18.2 Å². The van der Waals surface area contributed by atoms with Crippen molar-refractivity contribution in [3.8, 4) is 17.0 Å². The molecule has 0 aliphatic heterocycles. The van der Waals surface area contributed by atoms with E-state index in [-0.39, 0.29) is 17.4 Å². The summed E-state index contributed by atoms with van der Waals surface area (Å²) in [5.74, 6) is 0.575. The number of oxazole rings is 1. The largest absolute Gasteiger partial charge is 0.488 e. The summed E-state index contributed by atoms with van der Waals surface area (Å²) in [6.45, 7) is 7.18. The van der Waals surface area contributed by atoms with Crippen molar-refractivity contribution in [2.45, 2.75) is 33.8 Å². The Kier molecular flexibility index (Phi) is 4.94. The number of nitrogens with one attached hydrogen (secondary N) is 1. The molecule has 0 saturated heterocycles. The number of anilines is 1. The number of rotatable bonds is 5. The molecule has 0 radical (unpaired) electrons. The molecule has 4 aromatic rings. The van der Waals surface area contributed by atoms with Gasteiger partial charge in [0.15, 0.2) is 11.6 Å². The van der Waals surface area contributed by atoms with Gasteiger partial charge in [-0.25, -0.2) is 19.3 Å². The topological polar surface area (TPSA) is 94.6 Å². The van der Waals surface area contributed by atoms with Gasteiger partial charge in [0.25, 0.3) is 5.91 Å². The van der Waals surface area contributed by atoms with Crippen LogP contribution in [-0.2, 0) is 0 Å². The second kappa shape index (κ2) is 7.58. The summed E-state index contributed by atoms with van der Waals surface area (Å²) in [5.41, 5.74) is 1.50. The molecule has 0 aliphatic rings. The number of hydrogen-bond donors (Lipinski definition) is 1. The van der Waals surface area contributed by atoms with Gasteiger partial charge >= 0.3 is 0 Å². The van der Waals surface area contributed by atoms with Crippen molar-refractivity contribution in [1.29, 1.82) is 0 Å². The fourth-order valence-electron chi connectivity index (χ4n) is 3.06. The lowest BCUT2D eigenvalue weighted by atomic mass is 10.1. The van der Waals surface area contributed by atoms with Crippen molar-refractivity contribution in [2.75, 3.05) is 5.32 Å². The van der Waals surface area contributed by atoms with Crippen LogP contribution in [0.15, 0.2) is 41.2 Å². The summed E-state index contributed by atoms with van der Waals surface area (Å²) in [4.78, 5) is 25.2. The standard InChI is InChI=1S/C21H20FN5O3/c1-11(2)29-15-8-23-21-26-18(10-27(21)9-15)16-7-14(5-6-17(16)22)25-20(28)19-12(3)24-13(4)30-19/h5-11H,1-4H3,(H,25,28). The number of fused-ring (bicyclic) bond motifs is 1. The van der Waals surface area contributed by atoms with Gasteiger partial charge < -0.3 is 14.5 Å². The van der Waals surface area contributed by atoms with E-state index in [4.69, 9.17) is 9.15 Å². The number of aromatic nitrogens is 4. The van der Waals surface area contributed by atoms with E-state index < -0.39 is 11.7 Å². The molecule has 0 atom stereocenters. The van der Waals surface area contributed by atoms with Crippen LogP contribution in [0.2, 0.25) is 0 Å². The van der Waals surface area contributed by atoms with Gasteiger partial charge in [-0.15, -0.1) is 0 Å². The molecule has 0 bridgehead atoms. The van der Waals surface area contributed by atoms with Crippen molar-refractivity contribution in [3.05, 3.63) is 60.0 Å². The summed E-state index contributed by atoms with van der Waals surface area (Å²) in [7, 11) is 0. The number of imidazole rings is 1. The van der Waals surface area contributed by atoms with Gasteiger partial charge in [-0.1, -0.05) is 0 Å². The van der Waals surface area contributed by atoms with E-state index in [9.17, 15) is 9.18 Å². The van der Waals surface area contributed by atoms with Crippen molar-refractivity contribution < 1.29 is 18.3 Å². The molecule has 0 unspecified atom stereocenters. The molecule has 1 amide bonds. The number of aryl methyl sites for hydroxylation is 2. The molecule has 0 spiro atoms. The van der Waals surface area contributed by atoms with E-state index in [1.807, 2.05) is 13.8 Å².